The lowest BCUT2D eigenvalue weighted by atomic mass is 10.0. The summed E-state index contributed by atoms with van der Waals surface area (Å²) in [5.74, 6) is -0.233. The lowest BCUT2D eigenvalue weighted by Gasteiger charge is -2.03. The lowest BCUT2D eigenvalue weighted by Crippen LogP contribution is -2.01. The molecule has 0 saturated carbocycles. The Balaban J connectivity index is 2.10. The summed E-state index contributed by atoms with van der Waals surface area (Å²) in [4.78, 5) is 15.5. The predicted molar refractivity (Wildman–Crippen MR) is 79.7 cm³/mol. The maximum Gasteiger partial charge on any atom is 0.195 e. The van der Waals surface area contributed by atoms with Gasteiger partial charge in [-0.2, -0.15) is 0 Å². The number of benzene rings is 2. The topological polar surface area (TPSA) is 42.1 Å². The molecular formula is C16H11ClFNO2. The number of methoxy groups -OCH3 is 1. The summed E-state index contributed by atoms with van der Waals surface area (Å²) in [5.41, 5.74) is 1.53. The van der Waals surface area contributed by atoms with Gasteiger partial charge in [-0.25, -0.2) is 4.39 Å². The number of rotatable bonds is 3. The molecule has 21 heavy (non-hydrogen) atoms. The van der Waals surface area contributed by atoms with Crippen molar-refractivity contribution in [2.24, 2.45) is 0 Å². The molecule has 1 aromatic heterocycles. The third-order valence-corrected chi connectivity index (χ3v) is 3.62. The summed E-state index contributed by atoms with van der Waals surface area (Å²) in [6.07, 6.45) is 1.61. The largest absolute Gasteiger partial charge is 0.497 e. The predicted octanol–water partition coefficient (Wildman–Crippen LogP) is 4.20. The van der Waals surface area contributed by atoms with Crippen molar-refractivity contribution >= 4 is 28.3 Å². The number of nitrogens with one attached hydrogen (secondary N) is 1. The number of carbonyl (C=O) groups is 1. The van der Waals surface area contributed by atoms with Gasteiger partial charge >= 0.3 is 0 Å². The van der Waals surface area contributed by atoms with Crippen LogP contribution in [0, 0.1) is 5.82 Å². The summed E-state index contributed by atoms with van der Waals surface area (Å²) in [5, 5.41) is 0.724. The van der Waals surface area contributed by atoms with E-state index in [1.807, 2.05) is 6.07 Å². The second kappa shape index (κ2) is 5.22. The zero-order valence-electron chi connectivity index (χ0n) is 11.1. The first-order chi connectivity index (χ1) is 10.1. The summed E-state index contributed by atoms with van der Waals surface area (Å²) in [6, 6.07) is 9.42. The number of halogens is 2. The van der Waals surface area contributed by atoms with E-state index in [-0.39, 0.29) is 16.4 Å². The fraction of sp³-hybridized carbons (Fsp3) is 0.0625. The SMILES string of the molecule is COc1ccc2[nH]cc(C(=O)c3ccc(Cl)c(F)c3)c2c1. The number of fused-ring (bicyclic) bond motifs is 1. The fourth-order valence-electron chi connectivity index (χ4n) is 2.21. The summed E-state index contributed by atoms with van der Waals surface area (Å²) in [7, 11) is 1.56. The van der Waals surface area contributed by atoms with Gasteiger partial charge in [0.2, 0.25) is 0 Å². The average molecular weight is 304 g/mol. The molecule has 0 spiro atoms. The van der Waals surface area contributed by atoms with Crippen LogP contribution < -0.4 is 4.74 Å². The molecule has 0 aliphatic carbocycles. The van der Waals surface area contributed by atoms with E-state index in [9.17, 15) is 9.18 Å². The zero-order valence-corrected chi connectivity index (χ0v) is 11.9. The number of hydrogen-bond acceptors (Lipinski definition) is 2. The van der Waals surface area contributed by atoms with E-state index >= 15 is 0 Å². The Labute approximate surface area is 125 Å². The molecule has 3 rings (SSSR count). The molecule has 0 radical (unpaired) electrons. The molecule has 3 nitrogen and oxygen atoms in total. The molecule has 106 valence electrons. The number of H-pyrrole nitrogens is 1. The van der Waals surface area contributed by atoms with E-state index in [0.717, 1.165) is 17.0 Å². The van der Waals surface area contributed by atoms with Gasteiger partial charge in [0.05, 0.1) is 12.1 Å². The summed E-state index contributed by atoms with van der Waals surface area (Å²) < 4.78 is 18.7. The van der Waals surface area contributed by atoms with E-state index in [0.29, 0.717) is 11.3 Å². The molecule has 0 aliphatic rings. The van der Waals surface area contributed by atoms with Gasteiger partial charge in [0.1, 0.15) is 11.6 Å². The molecule has 1 N–H and O–H groups in total. The molecule has 0 fully saturated rings. The highest BCUT2D eigenvalue weighted by molar-refractivity contribution is 6.31. The zero-order chi connectivity index (χ0) is 15.0. The molecule has 0 bridgehead atoms. The fourth-order valence-corrected chi connectivity index (χ4v) is 2.32. The van der Waals surface area contributed by atoms with E-state index in [1.54, 1.807) is 25.4 Å². The highest BCUT2D eigenvalue weighted by atomic mass is 35.5. The van der Waals surface area contributed by atoms with Crippen LogP contribution in [0.2, 0.25) is 5.02 Å². The first-order valence-corrected chi connectivity index (χ1v) is 6.63. The minimum Gasteiger partial charge on any atom is -0.497 e. The monoisotopic (exact) mass is 303 g/mol. The summed E-state index contributed by atoms with van der Waals surface area (Å²) >= 11 is 5.64. The van der Waals surface area contributed by atoms with E-state index in [1.165, 1.54) is 12.1 Å². The third-order valence-electron chi connectivity index (χ3n) is 3.32. The smallest absolute Gasteiger partial charge is 0.195 e. The van der Waals surface area contributed by atoms with Crippen molar-refractivity contribution in [2.75, 3.05) is 7.11 Å². The van der Waals surface area contributed by atoms with Gasteiger partial charge < -0.3 is 9.72 Å². The second-order valence-corrected chi connectivity index (χ2v) is 4.98. The van der Waals surface area contributed by atoms with Gasteiger partial charge in [-0.05, 0) is 36.4 Å². The van der Waals surface area contributed by atoms with Crippen LogP contribution in [0.25, 0.3) is 10.9 Å². The van der Waals surface area contributed by atoms with Crippen LogP contribution in [0.1, 0.15) is 15.9 Å². The molecule has 0 aliphatic heterocycles. The minimum absolute atomic E-state index is 0.00727. The van der Waals surface area contributed by atoms with Crippen LogP contribution in [-0.2, 0) is 0 Å². The van der Waals surface area contributed by atoms with Crippen molar-refractivity contribution in [3.8, 4) is 5.75 Å². The van der Waals surface area contributed by atoms with Crippen LogP contribution in [0.3, 0.4) is 0 Å². The van der Waals surface area contributed by atoms with Crippen molar-refractivity contribution in [1.82, 2.24) is 4.98 Å². The number of aromatic nitrogens is 1. The molecule has 0 atom stereocenters. The molecule has 5 heteroatoms. The molecule has 0 unspecified atom stereocenters. The van der Waals surface area contributed by atoms with Gasteiger partial charge in [-0.3, -0.25) is 4.79 Å². The Morgan fingerprint density at radius 2 is 2.05 bits per heavy atom. The van der Waals surface area contributed by atoms with Gasteiger partial charge in [-0.15, -0.1) is 0 Å². The molecule has 3 aromatic rings. The quantitative estimate of drug-likeness (QED) is 0.737. The van der Waals surface area contributed by atoms with Gasteiger partial charge in [-0.1, -0.05) is 11.6 Å². The van der Waals surface area contributed by atoms with E-state index in [4.69, 9.17) is 16.3 Å². The number of carbonyl (C=O) groups excluding carboxylic acids is 1. The first kappa shape index (κ1) is 13.6. The Morgan fingerprint density at radius 1 is 1.24 bits per heavy atom. The second-order valence-electron chi connectivity index (χ2n) is 4.57. The van der Waals surface area contributed by atoms with Crippen LogP contribution >= 0.6 is 11.6 Å². The Hall–Kier alpha value is -2.33. The molecular weight excluding hydrogens is 293 g/mol. The number of ether oxygens (including phenoxy) is 1. The first-order valence-electron chi connectivity index (χ1n) is 6.25. The van der Waals surface area contributed by atoms with Crippen LogP contribution in [0.5, 0.6) is 5.75 Å². The molecule has 1 heterocycles. The number of ketones is 1. The van der Waals surface area contributed by atoms with Crippen molar-refractivity contribution in [1.29, 1.82) is 0 Å². The number of aromatic amines is 1. The molecule has 2 aromatic carbocycles. The van der Waals surface area contributed by atoms with Crippen LogP contribution in [0.4, 0.5) is 4.39 Å². The van der Waals surface area contributed by atoms with Crippen molar-refractivity contribution in [2.45, 2.75) is 0 Å². The van der Waals surface area contributed by atoms with Gasteiger partial charge in [0.25, 0.3) is 0 Å². The number of hydrogen-bond donors (Lipinski definition) is 1. The van der Waals surface area contributed by atoms with Crippen molar-refractivity contribution < 1.29 is 13.9 Å². The standard InChI is InChI=1S/C16H11ClFNO2/c1-21-10-3-5-15-11(7-10)12(8-19-15)16(20)9-2-4-13(17)14(18)6-9/h2-8,19H,1H3. The maximum atomic E-state index is 13.5. The van der Waals surface area contributed by atoms with Crippen LogP contribution in [-0.4, -0.2) is 17.9 Å². The lowest BCUT2D eigenvalue weighted by molar-refractivity contribution is 0.104. The Kier molecular flexibility index (Phi) is 3.39. The van der Waals surface area contributed by atoms with Crippen LogP contribution in [0.15, 0.2) is 42.6 Å². The van der Waals surface area contributed by atoms with Gasteiger partial charge in [0, 0.05) is 28.2 Å². The van der Waals surface area contributed by atoms with Crippen molar-refractivity contribution in [3.05, 3.63) is 64.6 Å². The van der Waals surface area contributed by atoms with E-state index in [2.05, 4.69) is 4.98 Å². The highest BCUT2D eigenvalue weighted by Crippen LogP contribution is 2.26. The highest BCUT2D eigenvalue weighted by Gasteiger charge is 2.16. The Bertz CT molecular complexity index is 841. The van der Waals surface area contributed by atoms with E-state index < -0.39 is 5.82 Å². The summed E-state index contributed by atoms with van der Waals surface area (Å²) in [6.45, 7) is 0. The Morgan fingerprint density at radius 3 is 2.76 bits per heavy atom. The van der Waals surface area contributed by atoms with Crippen molar-refractivity contribution in [3.63, 3.8) is 0 Å². The van der Waals surface area contributed by atoms with Gasteiger partial charge in [0.15, 0.2) is 5.78 Å². The minimum atomic E-state index is -0.611. The average Bonchev–Trinajstić information content (AvgIpc) is 2.92. The maximum absolute atomic E-state index is 13.5. The molecule has 0 saturated heterocycles. The molecule has 0 amide bonds. The third kappa shape index (κ3) is 2.38. The normalized spacial score (nSPS) is 10.8.